The molecule has 4 aliphatic carbocycles. The molecule has 0 unspecified atom stereocenters. The predicted molar refractivity (Wildman–Crippen MR) is 143 cm³/mol. The first-order chi connectivity index (χ1) is 15.7. The van der Waals surface area contributed by atoms with Gasteiger partial charge in [0.05, 0.1) is 0 Å². The first-order valence-corrected chi connectivity index (χ1v) is 17.4. The second-order valence-corrected chi connectivity index (χ2v) is 19.7. The number of ether oxygens (including phenoxy) is 1. The molecule has 0 N–H and O–H groups in total. The largest absolute Gasteiger partial charge is 0.463 e. The summed E-state index contributed by atoms with van der Waals surface area (Å²) in [6, 6.07) is 0. The summed E-state index contributed by atoms with van der Waals surface area (Å²) < 4.78 is 12.4. The van der Waals surface area contributed by atoms with E-state index >= 15 is 0 Å². The van der Waals surface area contributed by atoms with E-state index in [2.05, 4.69) is 54.6 Å². The van der Waals surface area contributed by atoms with Gasteiger partial charge < -0.3 is 9.16 Å². The van der Waals surface area contributed by atoms with Gasteiger partial charge in [-0.15, -0.1) is 0 Å². The zero-order valence-electron chi connectivity index (χ0n) is 23.8. The van der Waals surface area contributed by atoms with E-state index in [1.807, 2.05) is 0 Å². The third-order valence-corrected chi connectivity index (χ3v) is 16.7. The number of esters is 1. The number of hydrogen-bond donors (Lipinski definition) is 0. The average molecular weight is 491 g/mol. The van der Waals surface area contributed by atoms with Crippen molar-refractivity contribution in [3.63, 3.8) is 0 Å². The third kappa shape index (κ3) is 4.57. The van der Waals surface area contributed by atoms with Crippen LogP contribution in [0.4, 0.5) is 0 Å². The van der Waals surface area contributed by atoms with Crippen LogP contribution in [-0.4, -0.2) is 27.0 Å². The van der Waals surface area contributed by atoms with Gasteiger partial charge in [-0.1, -0.05) is 41.5 Å². The predicted octanol–water partition coefficient (Wildman–Crippen LogP) is 8.23. The maximum atomic E-state index is 11.5. The van der Waals surface area contributed by atoms with Crippen molar-refractivity contribution in [2.75, 3.05) is 6.61 Å². The minimum Gasteiger partial charge on any atom is -0.463 e. The van der Waals surface area contributed by atoms with Crippen molar-refractivity contribution in [1.29, 1.82) is 0 Å². The number of carbonyl (C=O) groups excluding carboxylic acids is 1. The SMILES string of the molecule is CC(=O)O[C@H]1CC[C@@]2(C)[C@@H](CC[C@@H]3[C@@H]2CC[C@]2(C)[C@@H]([C@H](C)CO[Si](C)(C)C(C)(C)C)CC[C@@H]32)C1. The van der Waals surface area contributed by atoms with Crippen molar-refractivity contribution in [1.82, 2.24) is 0 Å². The van der Waals surface area contributed by atoms with E-state index < -0.39 is 8.32 Å². The molecule has 0 spiro atoms. The fourth-order valence-electron chi connectivity index (χ4n) is 9.21. The number of carbonyl (C=O) groups is 1. The first kappa shape index (κ1) is 26.7. The molecule has 0 saturated heterocycles. The molecule has 3 nitrogen and oxygen atoms in total. The summed E-state index contributed by atoms with van der Waals surface area (Å²) in [4.78, 5) is 11.5. The van der Waals surface area contributed by atoms with Crippen LogP contribution >= 0.6 is 0 Å². The highest BCUT2D eigenvalue weighted by Gasteiger charge is 2.60. The fraction of sp³-hybridized carbons (Fsp3) is 0.967. The van der Waals surface area contributed by atoms with Crippen LogP contribution in [0.25, 0.3) is 0 Å². The van der Waals surface area contributed by atoms with E-state index in [1.54, 1.807) is 6.92 Å². The van der Waals surface area contributed by atoms with E-state index in [-0.39, 0.29) is 17.1 Å². The van der Waals surface area contributed by atoms with Crippen LogP contribution in [0.3, 0.4) is 0 Å². The molecule has 196 valence electrons. The van der Waals surface area contributed by atoms with E-state index in [0.717, 1.165) is 49.0 Å². The molecule has 0 bridgehead atoms. The van der Waals surface area contributed by atoms with Gasteiger partial charge in [0.2, 0.25) is 0 Å². The molecule has 34 heavy (non-hydrogen) atoms. The average Bonchev–Trinajstić information content (AvgIpc) is 3.08. The zero-order chi connectivity index (χ0) is 25.1. The highest BCUT2D eigenvalue weighted by atomic mass is 28.4. The van der Waals surface area contributed by atoms with E-state index in [1.165, 1.54) is 44.9 Å². The van der Waals surface area contributed by atoms with Crippen LogP contribution in [0, 0.1) is 46.3 Å². The lowest BCUT2D eigenvalue weighted by Gasteiger charge is -2.61. The lowest BCUT2D eigenvalue weighted by atomic mass is 9.44. The van der Waals surface area contributed by atoms with Gasteiger partial charge in [0.25, 0.3) is 0 Å². The summed E-state index contributed by atoms with van der Waals surface area (Å²) in [5.74, 6) is 4.80. The van der Waals surface area contributed by atoms with Gasteiger partial charge in [-0.25, -0.2) is 0 Å². The Hall–Kier alpha value is -0.353. The van der Waals surface area contributed by atoms with Crippen LogP contribution in [0.2, 0.25) is 18.1 Å². The molecule has 0 aliphatic heterocycles. The lowest BCUT2D eigenvalue weighted by Crippen LogP contribution is -2.54. The Morgan fingerprint density at radius 1 is 0.971 bits per heavy atom. The highest BCUT2D eigenvalue weighted by Crippen LogP contribution is 2.68. The normalized spacial score (nSPS) is 43.4. The summed E-state index contributed by atoms with van der Waals surface area (Å²) >= 11 is 0. The molecule has 0 amide bonds. The molecule has 0 heterocycles. The standard InChI is InChI=1S/C30H54O3Si/c1-20(19-32-34(8,9)28(3,4)5)25-12-13-26-24-11-10-22-18-23(33-21(2)31)14-16-29(22,6)27(24)15-17-30(25,26)7/h20,22-27H,10-19H2,1-9H3/t20-,22+,23+,24+,25-,26+,27+,29+,30-/m1/s1. The number of rotatable bonds is 5. The maximum Gasteiger partial charge on any atom is 0.302 e. The van der Waals surface area contributed by atoms with Crippen molar-refractivity contribution in [3.8, 4) is 0 Å². The molecule has 4 rings (SSSR count). The summed E-state index contributed by atoms with van der Waals surface area (Å²) in [6.07, 6.45) is 12.0. The van der Waals surface area contributed by atoms with Gasteiger partial charge >= 0.3 is 5.97 Å². The summed E-state index contributed by atoms with van der Waals surface area (Å²) in [5, 5.41) is 0.287. The minimum absolute atomic E-state index is 0.0978. The molecular weight excluding hydrogens is 436 g/mol. The Kier molecular flexibility index (Phi) is 7.22. The van der Waals surface area contributed by atoms with Crippen LogP contribution in [0.5, 0.6) is 0 Å². The Morgan fingerprint density at radius 2 is 1.62 bits per heavy atom. The summed E-state index contributed by atoms with van der Waals surface area (Å²) in [5.41, 5.74) is 0.950. The van der Waals surface area contributed by atoms with Crippen LogP contribution in [0.15, 0.2) is 0 Å². The Balaban J connectivity index is 1.43. The van der Waals surface area contributed by atoms with Gasteiger partial charge in [0.1, 0.15) is 6.10 Å². The molecule has 0 aromatic rings. The van der Waals surface area contributed by atoms with Gasteiger partial charge in [-0.2, -0.15) is 0 Å². The second-order valence-electron chi connectivity index (χ2n) is 14.9. The highest BCUT2D eigenvalue weighted by molar-refractivity contribution is 6.74. The topological polar surface area (TPSA) is 35.5 Å². The van der Waals surface area contributed by atoms with Crippen LogP contribution < -0.4 is 0 Å². The van der Waals surface area contributed by atoms with Crippen LogP contribution in [-0.2, 0) is 14.0 Å². The molecule has 4 aliphatic rings. The summed E-state index contributed by atoms with van der Waals surface area (Å²) in [7, 11) is -1.69. The Labute approximate surface area is 211 Å². The molecule has 0 aromatic heterocycles. The molecular formula is C30H54O3Si. The van der Waals surface area contributed by atoms with Crippen molar-refractivity contribution in [2.24, 2.45) is 46.3 Å². The number of fused-ring (bicyclic) bond motifs is 5. The van der Waals surface area contributed by atoms with Crippen molar-refractivity contribution in [2.45, 2.75) is 130 Å². The van der Waals surface area contributed by atoms with Crippen LogP contribution in [0.1, 0.15) is 106 Å². The first-order valence-electron chi connectivity index (χ1n) is 14.5. The van der Waals surface area contributed by atoms with Crippen molar-refractivity contribution in [3.05, 3.63) is 0 Å². The molecule has 0 radical (unpaired) electrons. The zero-order valence-corrected chi connectivity index (χ0v) is 24.8. The Bertz CT molecular complexity index is 757. The molecule has 0 aromatic carbocycles. The molecule has 9 atom stereocenters. The third-order valence-electron chi connectivity index (χ3n) is 12.2. The van der Waals surface area contributed by atoms with E-state index in [4.69, 9.17) is 9.16 Å². The smallest absolute Gasteiger partial charge is 0.302 e. The quantitative estimate of drug-likeness (QED) is 0.287. The van der Waals surface area contributed by atoms with Gasteiger partial charge in [0, 0.05) is 13.5 Å². The maximum absolute atomic E-state index is 11.5. The Morgan fingerprint density at radius 3 is 2.26 bits per heavy atom. The van der Waals surface area contributed by atoms with E-state index in [9.17, 15) is 4.79 Å². The van der Waals surface area contributed by atoms with E-state index in [0.29, 0.717) is 16.7 Å². The van der Waals surface area contributed by atoms with Gasteiger partial charge in [-0.05, 0) is 122 Å². The minimum atomic E-state index is -1.69. The summed E-state index contributed by atoms with van der Waals surface area (Å²) in [6.45, 7) is 22.2. The molecule has 4 fully saturated rings. The molecule has 4 saturated carbocycles. The second kappa shape index (κ2) is 9.19. The lowest BCUT2D eigenvalue weighted by molar-refractivity contribution is -0.160. The van der Waals surface area contributed by atoms with Gasteiger partial charge in [-0.3, -0.25) is 4.79 Å². The number of hydrogen-bond acceptors (Lipinski definition) is 3. The monoisotopic (exact) mass is 490 g/mol. The van der Waals surface area contributed by atoms with Gasteiger partial charge in [0.15, 0.2) is 8.32 Å². The molecule has 4 heteroatoms. The fourth-order valence-corrected chi connectivity index (χ4v) is 10.3. The van der Waals surface area contributed by atoms with Crippen molar-refractivity contribution >= 4 is 14.3 Å². The van der Waals surface area contributed by atoms with Crippen molar-refractivity contribution < 1.29 is 14.0 Å².